The Kier molecular flexibility index (Phi) is 4.86. The van der Waals surface area contributed by atoms with Gasteiger partial charge in [-0.3, -0.25) is 9.59 Å². The Bertz CT molecular complexity index is 827. The molecule has 124 valence electrons. The summed E-state index contributed by atoms with van der Waals surface area (Å²) in [6, 6.07) is 6.17. The first kappa shape index (κ1) is 16.5. The van der Waals surface area contributed by atoms with Crippen molar-refractivity contribution in [3.8, 4) is 6.07 Å². The summed E-state index contributed by atoms with van der Waals surface area (Å²) in [5.41, 5.74) is 0.439. The van der Waals surface area contributed by atoms with Gasteiger partial charge in [0.2, 0.25) is 5.91 Å². The van der Waals surface area contributed by atoms with Crippen molar-refractivity contribution in [2.24, 2.45) is 0 Å². The third kappa shape index (κ3) is 3.44. The van der Waals surface area contributed by atoms with Gasteiger partial charge in [0.05, 0.1) is 22.8 Å². The lowest BCUT2D eigenvalue weighted by molar-refractivity contribution is -0.135. The van der Waals surface area contributed by atoms with Gasteiger partial charge in [-0.15, -0.1) is 11.3 Å². The Morgan fingerprint density at radius 1 is 1.42 bits per heavy atom. The molecule has 0 radical (unpaired) electrons. The number of hydrogen-bond acceptors (Lipinski definition) is 5. The minimum Gasteiger partial charge on any atom is -0.335 e. The van der Waals surface area contributed by atoms with Crippen LogP contribution in [-0.2, 0) is 9.59 Å². The molecule has 24 heavy (non-hydrogen) atoms. The first-order chi connectivity index (χ1) is 11.6. The summed E-state index contributed by atoms with van der Waals surface area (Å²) in [7, 11) is 0. The number of Topliss-reactive ketones (excluding diaryl/α,β-unsaturated/α-hetero) is 1. The first-order valence-electron chi connectivity index (χ1n) is 7.84. The van der Waals surface area contributed by atoms with Gasteiger partial charge < -0.3 is 4.90 Å². The zero-order valence-corrected chi connectivity index (χ0v) is 13.8. The van der Waals surface area contributed by atoms with E-state index in [0.717, 1.165) is 24.0 Å². The fraction of sp³-hybridized carbons (Fsp3) is 0.412. The summed E-state index contributed by atoms with van der Waals surface area (Å²) in [6.07, 6.45) is 3.14. The van der Waals surface area contributed by atoms with Crippen LogP contribution < -0.4 is 0 Å². The third-order valence-corrected chi connectivity index (χ3v) is 5.18. The maximum atomic E-state index is 13.3. The number of fused-ring (bicyclic) bond motifs is 1. The van der Waals surface area contributed by atoms with E-state index in [2.05, 4.69) is 4.98 Å². The zero-order valence-electron chi connectivity index (χ0n) is 13.0. The highest BCUT2D eigenvalue weighted by Crippen LogP contribution is 2.28. The average Bonchev–Trinajstić information content (AvgIpc) is 2.85. The fourth-order valence-corrected chi connectivity index (χ4v) is 3.81. The molecule has 7 heteroatoms. The van der Waals surface area contributed by atoms with Gasteiger partial charge in [-0.25, -0.2) is 9.37 Å². The molecular weight excluding hydrogens is 329 g/mol. The normalized spacial score (nSPS) is 16.7. The Morgan fingerprint density at radius 3 is 3.04 bits per heavy atom. The van der Waals surface area contributed by atoms with Gasteiger partial charge >= 0.3 is 0 Å². The molecular formula is C17H16FN3O2S. The lowest BCUT2D eigenvalue weighted by atomic mass is 10.1. The number of benzene rings is 1. The molecule has 2 aromatic rings. The summed E-state index contributed by atoms with van der Waals surface area (Å²) >= 11 is 1.21. The minimum atomic E-state index is -1.03. The maximum absolute atomic E-state index is 13.3. The van der Waals surface area contributed by atoms with Gasteiger partial charge in [-0.2, -0.15) is 5.26 Å². The third-order valence-electron chi connectivity index (χ3n) is 4.08. The quantitative estimate of drug-likeness (QED) is 0.854. The Balaban J connectivity index is 1.80. The summed E-state index contributed by atoms with van der Waals surface area (Å²) in [6.45, 7) is 0.481. The van der Waals surface area contributed by atoms with Crippen LogP contribution in [0.1, 0.15) is 36.6 Å². The van der Waals surface area contributed by atoms with Gasteiger partial charge in [0.1, 0.15) is 10.8 Å². The smallest absolute Gasteiger partial charge is 0.222 e. The van der Waals surface area contributed by atoms with Crippen molar-refractivity contribution >= 4 is 33.2 Å². The highest BCUT2D eigenvalue weighted by Gasteiger charge is 2.28. The summed E-state index contributed by atoms with van der Waals surface area (Å²) in [5.74, 6) is -1.81. The number of halogens is 1. The molecule has 0 spiro atoms. The second-order valence-corrected chi connectivity index (χ2v) is 6.88. The Morgan fingerprint density at radius 2 is 2.25 bits per heavy atom. The van der Waals surface area contributed by atoms with Crippen LogP contribution in [0.3, 0.4) is 0 Å². The van der Waals surface area contributed by atoms with Gasteiger partial charge in [0, 0.05) is 19.0 Å². The number of carbonyl (C=O) groups excluding carboxylic acids is 2. The first-order valence-corrected chi connectivity index (χ1v) is 8.66. The number of nitriles is 1. The predicted octanol–water partition coefficient (Wildman–Crippen LogP) is 3.01. The SMILES string of the molecule is N#CC(C(=O)CN1CCCCCC1=O)c1nc2cc(F)ccc2s1. The predicted molar refractivity (Wildman–Crippen MR) is 88.0 cm³/mol. The molecule has 1 unspecified atom stereocenters. The van der Waals surface area contributed by atoms with E-state index in [-0.39, 0.29) is 18.2 Å². The van der Waals surface area contributed by atoms with Crippen LogP contribution in [-0.4, -0.2) is 34.7 Å². The molecule has 5 nitrogen and oxygen atoms in total. The molecule has 3 rings (SSSR count). The molecule has 2 heterocycles. The maximum Gasteiger partial charge on any atom is 0.222 e. The van der Waals surface area contributed by atoms with E-state index in [1.165, 1.54) is 28.4 Å². The highest BCUT2D eigenvalue weighted by molar-refractivity contribution is 7.18. The zero-order chi connectivity index (χ0) is 17.1. The topological polar surface area (TPSA) is 74.1 Å². The summed E-state index contributed by atoms with van der Waals surface area (Å²) < 4.78 is 14.0. The van der Waals surface area contributed by atoms with Gasteiger partial charge in [-0.1, -0.05) is 6.42 Å². The van der Waals surface area contributed by atoms with Crippen LogP contribution in [0.2, 0.25) is 0 Å². The number of ketones is 1. The summed E-state index contributed by atoms with van der Waals surface area (Å²) in [4.78, 5) is 30.3. The number of aromatic nitrogens is 1. The van der Waals surface area contributed by atoms with E-state index in [1.54, 1.807) is 6.07 Å². The van der Waals surface area contributed by atoms with Crippen LogP contribution in [0.15, 0.2) is 18.2 Å². The number of amides is 1. The van der Waals surface area contributed by atoms with Crippen LogP contribution in [0, 0.1) is 17.1 Å². The van der Waals surface area contributed by atoms with Crippen molar-refractivity contribution in [2.75, 3.05) is 13.1 Å². The molecule has 1 aliphatic rings. The van der Waals surface area contributed by atoms with Gasteiger partial charge in [0.15, 0.2) is 11.7 Å². The number of likely N-dealkylation sites (tertiary alicyclic amines) is 1. The number of thiazole rings is 1. The second-order valence-electron chi connectivity index (χ2n) is 5.82. The van der Waals surface area contributed by atoms with Crippen molar-refractivity contribution in [1.29, 1.82) is 5.26 Å². The van der Waals surface area contributed by atoms with Gasteiger partial charge in [0.25, 0.3) is 0 Å². The number of hydrogen-bond donors (Lipinski definition) is 0. The summed E-state index contributed by atoms with van der Waals surface area (Å²) in [5, 5.41) is 9.75. The van der Waals surface area contributed by atoms with Crippen molar-refractivity contribution < 1.29 is 14.0 Å². The Hall–Kier alpha value is -2.33. The average molecular weight is 345 g/mol. The fourth-order valence-electron chi connectivity index (χ4n) is 2.79. The van der Waals surface area contributed by atoms with Crippen LogP contribution in [0.4, 0.5) is 4.39 Å². The number of carbonyl (C=O) groups is 2. The standard InChI is InChI=1S/C17H16FN3O2S/c18-11-5-6-15-13(8-11)20-17(24-15)12(9-19)14(22)10-21-7-3-1-2-4-16(21)23/h5-6,8,12H,1-4,7,10H2. The van der Waals surface area contributed by atoms with Crippen LogP contribution in [0.5, 0.6) is 0 Å². The molecule has 1 atom stereocenters. The molecule has 1 saturated heterocycles. The van der Waals surface area contributed by atoms with E-state index in [9.17, 15) is 19.2 Å². The molecule has 0 N–H and O–H groups in total. The molecule has 0 aliphatic carbocycles. The highest BCUT2D eigenvalue weighted by atomic mass is 32.1. The largest absolute Gasteiger partial charge is 0.335 e. The van der Waals surface area contributed by atoms with E-state index in [0.29, 0.717) is 23.5 Å². The van der Waals surface area contributed by atoms with Gasteiger partial charge in [-0.05, 0) is 25.0 Å². The molecule has 1 amide bonds. The van der Waals surface area contributed by atoms with E-state index in [1.807, 2.05) is 6.07 Å². The van der Waals surface area contributed by atoms with E-state index in [4.69, 9.17) is 0 Å². The molecule has 1 aliphatic heterocycles. The number of rotatable bonds is 4. The molecule has 0 bridgehead atoms. The van der Waals surface area contributed by atoms with Crippen molar-refractivity contribution in [3.63, 3.8) is 0 Å². The lowest BCUT2D eigenvalue weighted by Gasteiger charge is -2.20. The van der Waals surface area contributed by atoms with Crippen molar-refractivity contribution in [1.82, 2.24) is 9.88 Å². The number of nitrogens with zero attached hydrogens (tertiary/aromatic N) is 3. The molecule has 1 aromatic heterocycles. The monoisotopic (exact) mass is 345 g/mol. The van der Waals surface area contributed by atoms with E-state index < -0.39 is 11.7 Å². The Labute approximate surface area is 142 Å². The molecule has 0 saturated carbocycles. The second kappa shape index (κ2) is 7.05. The lowest BCUT2D eigenvalue weighted by Crippen LogP contribution is -2.36. The minimum absolute atomic E-state index is 0.0380. The molecule has 1 aromatic carbocycles. The van der Waals surface area contributed by atoms with Crippen LogP contribution in [0.25, 0.3) is 10.2 Å². The van der Waals surface area contributed by atoms with Crippen LogP contribution >= 0.6 is 11.3 Å². The van der Waals surface area contributed by atoms with E-state index >= 15 is 0 Å². The van der Waals surface area contributed by atoms with Crippen molar-refractivity contribution in [3.05, 3.63) is 29.0 Å². The van der Waals surface area contributed by atoms with Crippen molar-refractivity contribution in [2.45, 2.75) is 31.6 Å². The molecule has 1 fully saturated rings.